The Labute approximate surface area is 142 Å². The van der Waals surface area contributed by atoms with Crippen LogP contribution in [0.3, 0.4) is 0 Å². The zero-order valence-electron chi connectivity index (χ0n) is 13.3. The van der Waals surface area contributed by atoms with E-state index in [1.807, 2.05) is 0 Å². The minimum absolute atomic E-state index is 0.0311. The van der Waals surface area contributed by atoms with E-state index in [0.29, 0.717) is 13.1 Å². The van der Waals surface area contributed by atoms with E-state index in [9.17, 15) is 13.2 Å². The third-order valence-corrected chi connectivity index (χ3v) is 6.30. The standard InChI is InChI=1S/C15H21ClN2O4S/c1-17(22-2)15(19)12-7-8-13(16)14(11-12)23(20,21)18-9-5-3-4-6-10-18/h7-8,11H,3-6,9-10H2,1-2H3. The van der Waals surface area contributed by atoms with Crippen LogP contribution in [-0.2, 0) is 14.9 Å². The molecule has 0 N–H and O–H groups in total. The minimum atomic E-state index is -3.71. The molecule has 8 heteroatoms. The van der Waals surface area contributed by atoms with Crippen LogP contribution in [-0.4, -0.2) is 50.9 Å². The first-order valence-corrected chi connectivity index (χ1v) is 9.31. The Morgan fingerprint density at radius 3 is 2.39 bits per heavy atom. The van der Waals surface area contributed by atoms with Gasteiger partial charge in [0, 0.05) is 25.7 Å². The Hall–Kier alpha value is -1.15. The zero-order valence-corrected chi connectivity index (χ0v) is 14.9. The van der Waals surface area contributed by atoms with Crippen molar-refractivity contribution in [3.05, 3.63) is 28.8 Å². The number of carbonyl (C=O) groups excluding carboxylic acids is 1. The first kappa shape index (κ1) is 18.2. The summed E-state index contributed by atoms with van der Waals surface area (Å²) in [6.07, 6.45) is 3.72. The van der Waals surface area contributed by atoms with Gasteiger partial charge in [-0.2, -0.15) is 4.31 Å². The van der Waals surface area contributed by atoms with E-state index >= 15 is 0 Å². The fourth-order valence-electron chi connectivity index (χ4n) is 2.52. The van der Waals surface area contributed by atoms with Crippen LogP contribution in [0.15, 0.2) is 23.1 Å². The topological polar surface area (TPSA) is 66.9 Å². The highest BCUT2D eigenvalue weighted by atomic mass is 35.5. The molecule has 1 heterocycles. The highest BCUT2D eigenvalue weighted by molar-refractivity contribution is 7.89. The van der Waals surface area contributed by atoms with E-state index in [1.165, 1.54) is 36.7 Å². The predicted octanol–water partition coefficient (Wildman–Crippen LogP) is 2.54. The molecule has 1 amide bonds. The molecule has 0 unspecified atom stereocenters. The number of rotatable bonds is 4. The number of halogens is 1. The normalized spacial score (nSPS) is 16.8. The number of hydroxylamine groups is 2. The average molecular weight is 361 g/mol. The first-order valence-electron chi connectivity index (χ1n) is 7.50. The number of sulfonamides is 1. The molecule has 1 saturated heterocycles. The van der Waals surface area contributed by atoms with Crippen LogP contribution in [0.4, 0.5) is 0 Å². The van der Waals surface area contributed by atoms with Gasteiger partial charge in [-0.3, -0.25) is 9.63 Å². The van der Waals surface area contributed by atoms with Crippen molar-refractivity contribution in [2.75, 3.05) is 27.2 Å². The summed E-state index contributed by atoms with van der Waals surface area (Å²) >= 11 is 6.10. The number of amides is 1. The first-order chi connectivity index (χ1) is 10.9. The summed E-state index contributed by atoms with van der Waals surface area (Å²) in [6, 6.07) is 4.24. The highest BCUT2D eigenvalue weighted by Crippen LogP contribution is 2.28. The molecule has 0 radical (unpaired) electrons. The van der Waals surface area contributed by atoms with Crippen molar-refractivity contribution in [1.29, 1.82) is 0 Å². The van der Waals surface area contributed by atoms with Gasteiger partial charge >= 0.3 is 0 Å². The molecular weight excluding hydrogens is 340 g/mol. The number of hydrogen-bond acceptors (Lipinski definition) is 4. The molecule has 1 aliphatic heterocycles. The van der Waals surface area contributed by atoms with E-state index in [-0.39, 0.29) is 15.5 Å². The van der Waals surface area contributed by atoms with Crippen LogP contribution in [0.1, 0.15) is 36.0 Å². The molecular formula is C15H21ClN2O4S. The minimum Gasteiger partial charge on any atom is -0.274 e. The number of carbonyl (C=O) groups is 1. The molecule has 1 fully saturated rings. The van der Waals surface area contributed by atoms with Gasteiger partial charge in [-0.05, 0) is 31.0 Å². The lowest BCUT2D eigenvalue weighted by Crippen LogP contribution is -2.32. The molecule has 1 aromatic rings. The molecule has 0 spiro atoms. The van der Waals surface area contributed by atoms with Crippen LogP contribution in [0.25, 0.3) is 0 Å². The summed E-state index contributed by atoms with van der Waals surface area (Å²) in [6.45, 7) is 0.962. The van der Waals surface area contributed by atoms with Gasteiger partial charge in [0.2, 0.25) is 10.0 Å². The van der Waals surface area contributed by atoms with E-state index in [0.717, 1.165) is 30.7 Å². The molecule has 0 atom stereocenters. The second-order valence-corrected chi connectivity index (χ2v) is 7.76. The van der Waals surface area contributed by atoms with Crippen molar-refractivity contribution in [2.24, 2.45) is 0 Å². The van der Waals surface area contributed by atoms with Crippen LogP contribution in [0.5, 0.6) is 0 Å². The SMILES string of the molecule is CON(C)C(=O)c1ccc(Cl)c(S(=O)(=O)N2CCCCCC2)c1. The fraction of sp³-hybridized carbons (Fsp3) is 0.533. The molecule has 128 valence electrons. The van der Waals surface area contributed by atoms with E-state index < -0.39 is 15.9 Å². The maximum Gasteiger partial charge on any atom is 0.277 e. The summed E-state index contributed by atoms with van der Waals surface area (Å²) in [5.74, 6) is -0.434. The molecule has 0 aliphatic carbocycles. The van der Waals surface area contributed by atoms with Gasteiger partial charge in [-0.15, -0.1) is 0 Å². The second-order valence-electron chi connectivity index (χ2n) is 5.45. The average Bonchev–Trinajstić information content (AvgIpc) is 2.83. The van der Waals surface area contributed by atoms with E-state index in [4.69, 9.17) is 16.4 Å². The van der Waals surface area contributed by atoms with E-state index in [1.54, 1.807) is 0 Å². The maximum absolute atomic E-state index is 12.9. The number of benzene rings is 1. The van der Waals surface area contributed by atoms with Crippen LogP contribution < -0.4 is 0 Å². The Kier molecular flexibility index (Phi) is 6.02. The largest absolute Gasteiger partial charge is 0.277 e. The third kappa shape index (κ3) is 4.03. The smallest absolute Gasteiger partial charge is 0.274 e. The number of nitrogens with zero attached hydrogens (tertiary/aromatic N) is 2. The Bertz CT molecular complexity index is 670. The van der Waals surface area contributed by atoms with Crippen molar-refractivity contribution in [3.8, 4) is 0 Å². The third-order valence-electron chi connectivity index (χ3n) is 3.92. The quantitative estimate of drug-likeness (QED) is 0.774. The molecule has 6 nitrogen and oxygen atoms in total. The van der Waals surface area contributed by atoms with Gasteiger partial charge in [-0.1, -0.05) is 24.4 Å². The van der Waals surface area contributed by atoms with Gasteiger partial charge in [0.15, 0.2) is 0 Å². The van der Waals surface area contributed by atoms with Gasteiger partial charge in [0.1, 0.15) is 4.90 Å². The van der Waals surface area contributed by atoms with Gasteiger partial charge in [-0.25, -0.2) is 13.5 Å². The Morgan fingerprint density at radius 1 is 1.22 bits per heavy atom. The van der Waals surface area contributed by atoms with Gasteiger partial charge in [0.25, 0.3) is 5.91 Å². The van der Waals surface area contributed by atoms with E-state index in [2.05, 4.69) is 0 Å². The second kappa shape index (κ2) is 7.61. The molecule has 0 aromatic heterocycles. The highest BCUT2D eigenvalue weighted by Gasteiger charge is 2.28. The summed E-state index contributed by atoms with van der Waals surface area (Å²) in [4.78, 5) is 17.0. The van der Waals surface area contributed by atoms with Crippen LogP contribution >= 0.6 is 11.6 Å². The van der Waals surface area contributed by atoms with Gasteiger partial charge < -0.3 is 0 Å². The maximum atomic E-state index is 12.9. The Balaban J connectivity index is 2.39. The van der Waals surface area contributed by atoms with Crippen LogP contribution in [0.2, 0.25) is 5.02 Å². The van der Waals surface area contributed by atoms with Crippen molar-refractivity contribution < 1.29 is 18.0 Å². The lowest BCUT2D eigenvalue weighted by atomic mass is 10.2. The lowest BCUT2D eigenvalue weighted by molar-refractivity contribution is -0.0757. The predicted molar refractivity (Wildman–Crippen MR) is 87.8 cm³/mol. The molecule has 2 rings (SSSR count). The summed E-state index contributed by atoms with van der Waals surface area (Å²) in [5, 5.41) is 1.15. The van der Waals surface area contributed by atoms with Crippen LogP contribution in [0, 0.1) is 0 Å². The van der Waals surface area contributed by atoms with Crippen molar-refractivity contribution >= 4 is 27.5 Å². The summed E-state index contributed by atoms with van der Waals surface area (Å²) in [5.41, 5.74) is 0.215. The van der Waals surface area contributed by atoms with Crippen molar-refractivity contribution in [1.82, 2.24) is 9.37 Å². The molecule has 1 aliphatic rings. The summed E-state index contributed by atoms with van der Waals surface area (Å²) < 4.78 is 27.2. The fourth-order valence-corrected chi connectivity index (χ4v) is 4.54. The monoisotopic (exact) mass is 360 g/mol. The lowest BCUT2D eigenvalue weighted by Gasteiger charge is -2.21. The van der Waals surface area contributed by atoms with Crippen molar-refractivity contribution in [3.63, 3.8) is 0 Å². The molecule has 1 aromatic carbocycles. The van der Waals surface area contributed by atoms with Crippen molar-refractivity contribution in [2.45, 2.75) is 30.6 Å². The molecule has 23 heavy (non-hydrogen) atoms. The molecule has 0 bridgehead atoms. The summed E-state index contributed by atoms with van der Waals surface area (Å²) in [7, 11) is -0.893. The molecule has 0 saturated carbocycles. The number of hydrogen-bond donors (Lipinski definition) is 0. The van der Waals surface area contributed by atoms with Gasteiger partial charge in [0.05, 0.1) is 12.1 Å². The zero-order chi connectivity index (χ0) is 17.0. The Morgan fingerprint density at radius 2 is 1.83 bits per heavy atom.